The number of ether oxygens (including phenoxy) is 1. The number of benzene rings is 2. The highest BCUT2D eigenvalue weighted by Gasteiger charge is 2.09. The van der Waals surface area contributed by atoms with E-state index in [1.54, 1.807) is 0 Å². The molecule has 4 N–H and O–H groups in total. The topological polar surface area (TPSA) is 86.0 Å². The van der Waals surface area contributed by atoms with E-state index < -0.39 is 11.9 Å². The van der Waals surface area contributed by atoms with Crippen molar-refractivity contribution in [3.8, 4) is 0 Å². The molecule has 0 aliphatic rings. The third-order valence-corrected chi connectivity index (χ3v) is 4.41. The lowest BCUT2D eigenvalue weighted by Crippen LogP contribution is -2.25. The van der Waals surface area contributed by atoms with Gasteiger partial charge in [-0.1, -0.05) is 44.2 Å². The van der Waals surface area contributed by atoms with Crippen molar-refractivity contribution >= 4 is 57.7 Å². The van der Waals surface area contributed by atoms with E-state index in [4.69, 9.17) is 10.5 Å². The smallest absolute Gasteiger partial charge is 0.148 e. The molecule has 2 aromatic carbocycles. The van der Waals surface area contributed by atoms with Gasteiger partial charge in [-0.15, -0.1) is 0 Å². The van der Waals surface area contributed by atoms with Crippen LogP contribution in [0.4, 0.5) is 15.8 Å². The summed E-state index contributed by atoms with van der Waals surface area (Å²) in [6, 6.07) is 12.5. The van der Waals surface area contributed by atoms with Crippen LogP contribution >= 0.6 is 46.3 Å². The predicted molar refractivity (Wildman–Crippen MR) is 130 cm³/mol. The molecule has 0 aliphatic carbocycles. The molecule has 0 saturated carbocycles. The van der Waals surface area contributed by atoms with Gasteiger partial charge in [0.1, 0.15) is 15.0 Å². The number of halogens is 3. The Hall–Kier alpha value is -0.630. The van der Waals surface area contributed by atoms with E-state index in [0.29, 0.717) is 16.8 Å². The average molecular weight is 605 g/mol. The standard InChI is InChI=1S/C16H18BrFN2O2.C2H6.CH3IO2S/c17-13-6-15(19)14(18)7-16(13)20-8-12(21)10-22-9-11-4-2-1-3-5-11;1-2;1-3-4-5-2/h1-7,12,20-21H,8-10,19H2;1-2H3;1H3/t12-;;/m1../s1. The fraction of sp³-hybridized carbons (Fsp3) is 0.368. The van der Waals surface area contributed by atoms with Gasteiger partial charge in [-0.3, -0.25) is 0 Å². The zero-order chi connectivity index (χ0) is 22.1. The Morgan fingerprint density at radius 1 is 1.28 bits per heavy atom. The van der Waals surface area contributed by atoms with E-state index in [1.807, 2.05) is 65.4 Å². The summed E-state index contributed by atoms with van der Waals surface area (Å²) in [7, 11) is 2.61. The molecule has 0 saturated heterocycles. The fourth-order valence-corrected chi connectivity index (χ4v) is 2.89. The van der Waals surface area contributed by atoms with Crippen LogP contribution in [0.5, 0.6) is 0 Å². The first-order valence-electron chi connectivity index (χ1n) is 8.74. The second kappa shape index (κ2) is 18.2. The van der Waals surface area contributed by atoms with Crippen LogP contribution in [0.15, 0.2) is 46.9 Å². The van der Waals surface area contributed by atoms with Crippen LogP contribution in [-0.2, 0) is 20.6 Å². The Kier molecular flexibility index (Phi) is 17.8. The van der Waals surface area contributed by atoms with Gasteiger partial charge < -0.3 is 20.9 Å². The number of hydrogen-bond donors (Lipinski definition) is 3. The van der Waals surface area contributed by atoms with E-state index in [-0.39, 0.29) is 18.8 Å². The van der Waals surface area contributed by atoms with Crippen LogP contribution in [-0.4, -0.2) is 31.5 Å². The first kappa shape index (κ1) is 28.4. The van der Waals surface area contributed by atoms with E-state index in [0.717, 1.165) is 14.8 Å². The Morgan fingerprint density at radius 3 is 2.48 bits per heavy atom. The monoisotopic (exact) mass is 604 g/mol. The lowest BCUT2D eigenvalue weighted by molar-refractivity contribution is -0.157. The van der Waals surface area contributed by atoms with Gasteiger partial charge in [0.05, 0.1) is 37.8 Å². The zero-order valence-corrected chi connectivity index (χ0v) is 21.1. The van der Waals surface area contributed by atoms with Crippen molar-refractivity contribution in [2.45, 2.75) is 26.6 Å². The highest BCUT2D eigenvalue weighted by molar-refractivity contribution is 14.2. The number of aliphatic hydroxyl groups excluding tert-OH is 1. The highest BCUT2D eigenvalue weighted by Crippen LogP contribution is 2.27. The van der Waals surface area contributed by atoms with Gasteiger partial charge in [0.25, 0.3) is 0 Å². The molecule has 0 aliphatic heterocycles. The van der Waals surface area contributed by atoms with E-state index in [2.05, 4.69) is 30.5 Å². The molecule has 0 unspecified atom stereocenters. The Bertz CT molecular complexity index is 672. The fourth-order valence-electron chi connectivity index (χ4n) is 1.90. The minimum Gasteiger partial charge on any atom is -0.396 e. The molecule has 0 radical (unpaired) electrons. The largest absolute Gasteiger partial charge is 0.396 e. The average Bonchev–Trinajstić information content (AvgIpc) is 2.73. The molecule has 10 heteroatoms. The van der Waals surface area contributed by atoms with E-state index >= 15 is 0 Å². The first-order chi connectivity index (χ1) is 14.0. The molecule has 6 nitrogen and oxygen atoms in total. The van der Waals surface area contributed by atoms with Gasteiger partial charge in [-0.05, 0) is 27.6 Å². The first-order valence-corrected chi connectivity index (χ1v) is 12.8. The number of rotatable bonds is 9. The van der Waals surface area contributed by atoms with Crippen LogP contribution in [0.2, 0.25) is 0 Å². The number of nitrogen functional groups attached to an aromatic ring is 1. The van der Waals surface area contributed by atoms with Gasteiger partial charge >= 0.3 is 0 Å². The van der Waals surface area contributed by atoms with Gasteiger partial charge in [-0.2, -0.15) is 4.33 Å². The number of nitrogens with one attached hydrogen (secondary N) is 1. The van der Waals surface area contributed by atoms with Crippen molar-refractivity contribution < 1.29 is 23.5 Å². The van der Waals surface area contributed by atoms with Crippen LogP contribution < -0.4 is 11.1 Å². The molecule has 2 rings (SSSR count). The molecular weight excluding hydrogens is 578 g/mol. The van der Waals surface area contributed by atoms with Crippen molar-refractivity contribution in [1.82, 2.24) is 0 Å². The summed E-state index contributed by atoms with van der Waals surface area (Å²) in [4.78, 5) is 4.15. The molecule has 0 aromatic heterocycles. The van der Waals surface area contributed by atoms with Gasteiger partial charge in [0.15, 0.2) is 0 Å². The second-order valence-corrected chi connectivity index (χ2v) is 7.38. The summed E-state index contributed by atoms with van der Waals surface area (Å²) in [5.74, 6) is -0.500. The minimum absolute atomic E-state index is 0.0733. The maximum atomic E-state index is 13.4. The predicted octanol–water partition coefficient (Wildman–Crippen LogP) is 5.75. The van der Waals surface area contributed by atoms with Gasteiger partial charge in [0, 0.05) is 38.3 Å². The summed E-state index contributed by atoms with van der Waals surface area (Å²) in [5.41, 5.74) is 7.12. The van der Waals surface area contributed by atoms with Crippen LogP contribution in [0, 0.1) is 5.82 Å². The molecule has 2 aromatic rings. The SMILES string of the molecule is CC.COOSI.Nc1cc(Br)c(NC[C@@H](O)COCc2ccccc2)cc1F. The Balaban J connectivity index is 0.000000977. The number of nitrogens with two attached hydrogens (primary N) is 1. The van der Waals surface area contributed by atoms with Crippen LogP contribution in [0.25, 0.3) is 0 Å². The Labute approximate surface area is 196 Å². The van der Waals surface area contributed by atoms with Crippen LogP contribution in [0.1, 0.15) is 19.4 Å². The summed E-state index contributed by atoms with van der Waals surface area (Å²) in [6.45, 7) is 4.88. The zero-order valence-electron chi connectivity index (χ0n) is 16.5. The van der Waals surface area contributed by atoms with Crippen molar-refractivity contribution in [1.29, 1.82) is 0 Å². The quantitative estimate of drug-likeness (QED) is 0.110. The van der Waals surface area contributed by atoms with E-state index in [1.165, 1.54) is 19.2 Å². The molecule has 0 bridgehead atoms. The molecule has 0 heterocycles. The minimum atomic E-state index is -0.698. The molecule has 29 heavy (non-hydrogen) atoms. The molecular formula is C19H27BrFIN2O4S. The summed E-state index contributed by atoms with van der Waals surface area (Å²) >= 11 is 5.25. The number of hydrogen-bond acceptors (Lipinski definition) is 7. The third kappa shape index (κ3) is 13.3. The molecule has 0 fully saturated rings. The van der Waals surface area contributed by atoms with E-state index in [9.17, 15) is 9.50 Å². The number of aliphatic hydroxyl groups is 1. The van der Waals surface area contributed by atoms with Gasteiger partial charge in [-0.25, -0.2) is 9.28 Å². The van der Waals surface area contributed by atoms with Crippen molar-refractivity contribution in [2.75, 3.05) is 31.3 Å². The second-order valence-electron chi connectivity index (χ2n) is 5.19. The maximum Gasteiger partial charge on any atom is 0.148 e. The molecule has 1 atom stereocenters. The summed E-state index contributed by atoms with van der Waals surface area (Å²) < 4.78 is 23.7. The van der Waals surface area contributed by atoms with Crippen molar-refractivity contribution in [3.63, 3.8) is 0 Å². The molecule has 164 valence electrons. The normalized spacial score (nSPS) is 10.9. The molecule has 0 amide bonds. The summed E-state index contributed by atoms with van der Waals surface area (Å²) in [6.07, 6.45) is -0.698. The lowest BCUT2D eigenvalue weighted by Gasteiger charge is -2.15. The highest BCUT2D eigenvalue weighted by atomic mass is 127. The summed E-state index contributed by atoms with van der Waals surface area (Å²) in [5, 5.41) is 12.8. The van der Waals surface area contributed by atoms with Crippen LogP contribution in [0.3, 0.4) is 0 Å². The number of anilines is 2. The van der Waals surface area contributed by atoms with Gasteiger partial charge in [0.2, 0.25) is 0 Å². The Morgan fingerprint density at radius 2 is 1.93 bits per heavy atom. The maximum absolute atomic E-state index is 13.4. The lowest BCUT2D eigenvalue weighted by atomic mass is 10.2. The third-order valence-electron chi connectivity index (χ3n) is 3.13. The van der Waals surface area contributed by atoms with Crippen molar-refractivity contribution in [3.05, 3.63) is 58.3 Å². The molecule has 0 spiro atoms. The van der Waals surface area contributed by atoms with Crippen molar-refractivity contribution in [2.24, 2.45) is 0 Å².